The minimum Gasteiger partial charge on any atom is -0.337 e. The number of amides is 1. The molecule has 0 aliphatic rings. The van der Waals surface area contributed by atoms with Gasteiger partial charge in [-0.15, -0.1) is 0 Å². The molecule has 0 radical (unpaired) electrons. The Morgan fingerprint density at radius 1 is 1.04 bits per heavy atom. The van der Waals surface area contributed by atoms with E-state index in [0.717, 1.165) is 11.1 Å². The molecule has 0 aliphatic heterocycles. The molecule has 0 bridgehead atoms. The Morgan fingerprint density at radius 2 is 1.75 bits per heavy atom. The Kier molecular flexibility index (Phi) is 4.77. The maximum absolute atomic E-state index is 12.5. The molecule has 3 aromatic rings. The zero-order chi connectivity index (χ0) is 16.9. The zero-order valence-corrected chi connectivity index (χ0v) is 13.7. The van der Waals surface area contributed by atoms with E-state index in [1.807, 2.05) is 18.2 Å². The number of pyridine rings is 2. The number of carbonyl (C=O) groups excluding carboxylic acids is 1. The summed E-state index contributed by atoms with van der Waals surface area (Å²) in [4.78, 5) is 30.5. The maximum atomic E-state index is 12.5. The molecule has 1 amide bonds. The highest BCUT2D eigenvalue weighted by atomic mass is 35.5. The van der Waals surface area contributed by atoms with Crippen molar-refractivity contribution in [2.24, 2.45) is 0 Å². The quantitative estimate of drug-likeness (QED) is 0.683. The van der Waals surface area contributed by atoms with Crippen LogP contribution in [0.25, 0.3) is 11.4 Å². The topological polar surface area (TPSA) is 71.9 Å². The van der Waals surface area contributed by atoms with Crippen LogP contribution >= 0.6 is 11.6 Å². The third kappa shape index (κ3) is 3.72. The van der Waals surface area contributed by atoms with E-state index in [0.29, 0.717) is 23.1 Å². The molecule has 0 saturated carbocycles. The fourth-order valence-electron chi connectivity index (χ4n) is 2.15. The number of aromatic nitrogens is 4. The number of halogens is 1. The third-order valence-corrected chi connectivity index (χ3v) is 3.62. The van der Waals surface area contributed by atoms with Crippen molar-refractivity contribution in [3.8, 4) is 11.4 Å². The molecular weight excluding hydrogens is 326 g/mol. The molecule has 0 spiro atoms. The van der Waals surface area contributed by atoms with Gasteiger partial charge in [-0.2, -0.15) is 0 Å². The lowest BCUT2D eigenvalue weighted by atomic mass is 10.2. The Bertz CT molecular complexity index is 822. The standard InChI is InChI=1S/C17H14ClN5O/c1-23(11-12-2-3-15(18)20-8-12)17(24)14-9-21-16(22-10-14)13-4-6-19-7-5-13/h2-10H,11H2,1H3. The first-order valence-electron chi connectivity index (χ1n) is 7.22. The van der Waals surface area contributed by atoms with Crippen LogP contribution in [0.3, 0.4) is 0 Å². The van der Waals surface area contributed by atoms with Gasteiger partial charge in [-0.1, -0.05) is 17.7 Å². The van der Waals surface area contributed by atoms with Gasteiger partial charge in [-0.05, 0) is 23.8 Å². The van der Waals surface area contributed by atoms with Crippen LogP contribution in [-0.2, 0) is 6.54 Å². The zero-order valence-electron chi connectivity index (χ0n) is 12.9. The molecule has 120 valence electrons. The van der Waals surface area contributed by atoms with Gasteiger partial charge in [0, 0.05) is 50.1 Å². The van der Waals surface area contributed by atoms with E-state index in [4.69, 9.17) is 11.6 Å². The van der Waals surface area contributed by atoms with Gasteiger partial charge in [0.05, 0.1) is 5.56 Å². The van der Waals surface area contributed by atoms with Crippen molar-refractivity contribution < 1.29 is 4.79 Å². The molecule has 24 heavy (non-hydrogen) atoms. The average molecular weight is 340 g/mol. The van der Waals surface area contributed by atoms with E-state index in [1.54, 1.807) is 36.6 Å². The number of nitrogens with zero attached hydrogens (tertiary/aromatic N) is 5. The van der Waals surface area contributed by atoms with Crippen molar-refractivity contribution in [3.63, 3.8) is 0 Å². The Balaban J connectivity index is 1.71. The molecule has 7 heteroatoms. The number of hydrogen-bond acceptors (Lipinski definition) is 5. The van der Waals surface area contributed by atoms with Crippen molar-refractivity contribution >= 4 is 17.5 Å². The van der Waals surface area contributed by atoms with Gasteiger partial charge in [0.2, 0.25) is 0 Å². The minimum atomic E-state index is -0.161. The highest BCUT2D eigenvalue weighted by Crippen LogP contribution is 2.14. The van der Waals surface area contributed by atoms with Crippen LogP contribution in [0.5, 0.6) is 0 Å². The van der Waals surface area contributed by atoms with Crippen molar-refractivity contribution in [2.75, 3.05) is 7.05 Å². The van der Waals surface area contributed by atoms with Gasteiger partial charge in [-0.25, -0.2) is 15.0 Å². The Morgan fingerprint density at radius 3 is 2.38 bits per heavy atom. The lowest BCUT2D eigenvalue weighted by Gasteiger charge is -2.17. The van der Waals surface area contributed by atoms with Crippen molar-refractivity contribution in [1.29, 1.82) is 0 Å². The van der Waals surface area contributed by atoms with Gasteiger partial charge in [0.15, 0.2) is 5.82 Å². The second kappa shape index (κ2) is 7.14. The third-order valence-electron chi connectivity index (χ3n) is 3.39. The summed E-state index contributed by atoms with van der Waals surface area (Å²) in [7, 11) is 1.72. The fraction of sp³-hybridized carbons (Fsp3) is 0.118. The molecule has 3 aromatic heterocycles. The van der Waals surface area contributed by atoms with Crippen molar-refractivity contribution in [2.45, 2.75) is 6.54 Å². The molecule has 0 saturated heterocycles. The van der Waals surface area contributed by atoms with Crippen LogP contribution in [0.4, 0.5) is 0 Å². The van der Waals surface area contributed by atoms with Crippen molar-refractivity contribution in [3.05, 3.63) is 71.5 Å². The van der Waals surface area contributed by atoms with Crippen LogP contribution in [0.1, 0.15) is 15.9 Å². The smallest absolute Gasteiger partial charge is 0.257 e. The highest BCUT2D eigenvalue weighted by Gasteiger charge is 2.13. The first kappa shape index (κ1) is 16.0. The van der Waals surface area contributed by atoms with Crippen molar-refractivity contribution in [1.82, 2.24) is 24.8 Å². The molecule has 0 aliphatic carbocycles. The summed E-state index contributed by atoms with van der Waals surface area (Å²) in [5, 5.41) is 0.424. The summed E-state index contributed by atoms with van der Waals surface area (Å²) in [6.07, 6.45) is 8.05. The Hall–Kier alpha value is -2.86. The molecule has 0 N–H and O–H groups in total. The fourth-order valence-corrected chi connectivity index (χ4v) is 2.27. The van der Waals surface area contributed by atoms with E-state index < -0.39 is 0 Å². The van der Waals surface area contributed by atoms with Crippen LogP contribution in [0, 0.1) is 0 Å². The van der Waals surface area contributed by atoms with Gasteiger partial charge < -0.3 is 4.90 Å². The summed E-state index contributed by atoms with van der Waals surface area (Å²) in [6, 6.07) is 7.16. The molecule has 0 atom stereocenters. The first-order chi connectivity index (χ1) is 11.6. The van der Waals surface area contributed by atoms with E-state index >= 15 is 0 Å². The summed E-state index contributed by atoms with van der Waals surface area (Å²) in [5.74, 6) is 0.393. The summed E-state index contributed by atoms with van der Waals surface area (Å²) in [5.41, 5.74) is 2.17. The lowest BCUT2D eigenvalue weighted by molar-refractivity contribution is 0.0784. The van der Waals surface area contributed by atoms with Gasteiger partial charge in [-0.3, -0.25) is 9.78 Å². The van der Waals surface area contributed by atoms with Gasteiger partial charge in [0.1, 0.15) is 5.15 Å². The lowest BCUT2D eigenvalue weighted by Crippen LogP contribution is -2.26. The normalized spacial score (nSPS) is 10.4. The molecule has 6 nitrogen and oxygen atoms in total. The second-order valence-corrected chi connectivity index (χ2v) is 5.57. The van der Waals surface area contributed by atoms with Crippen LogP contribution in [0.2, 0.25) is 5.15 Å². The van der Waals surface area contributed by atoms with Crippen LogP contribution < -0.4 is 0 Å². The SMILES string of the molecule is CN(Cc1ccc(Cl)nc1)C(=O)c1cnc(-c2ccncc2)nc1. The van der Waals surface area contributed by atoms with Crippen LogP contribution in [-0.4, -0.2) is 37.8 Å². The minimum absolute atomic E-state index is 0.161. The Labute approximate surface area is 144 Å². The average Bonchev–Trinajstić information content (AvgIpc) is 2.64. The van der Waals surface area contributed by atoms with E-state index in [1.165, 1.54) is 12.4 Å². The largest absolute Gasteiger partial charge is 0.337 e. The van der Waals surface area contributed by atoms with E-state index in [-0.39, 0.29) is 5.91 Å². The summed E-state index contributed by atoms with van der Waals surface area (Å²) in [6.45, 7) is 0.426. The summed E-state index contributed by atoms with van der Waals surface area (Å²) >= 11 is 5.76. The molecular formula is C17H14ClN5O. The number of hydrogen-bond donors (Lipinski definition) is 0. The van der Waals surface area contributed by atoms with Crippen LogP contribution in [0.15, 0.2) is 55.2 Å². The van der Waals surface area contributed by atoms with Gasteiger partial charge in [0.25, 0.3) is 5.91 Å². The first-order valence-corrected chi connectivity index (χ1v) is 7.59. The van der Waals surface area contributed by atoms with E-state index in [9.17, 15) is 4.79 Å². The highest BCUT2D eigenvalue weighted by molar-refractivity contribution is 6.29. The molecule has 0 aromatic carbocycles. The maximum Gasteiger partial charge on any atom is 0.257 e. The number of rotatable bonds is 4. The molecule has 3 rings (SSSR count). The molecule has 3 heterocycles. The van der Waals surface area contributed by atoms with Gasteiger partial charge >= 0.3 is 0 Å². The monoisotopic (exact) mass is 339 g/mol. The predicted molar refractivity (Wildman–Crippen MR) is 90.3 cm³/mol. The molecule has 0 unspecified atom stereocenters. The summed E-state index contributed by atoms with van der Waals surface area (Å²) < 4.78 is 0. The van der Waals surface area contributed by atoms with E-state index in [2.05, 4.69) is 19.9 Å². The number of carbonyl (C=O) groups is 1. The predicted octanol–water partition coefficient (Wildman–Crippen LogP) is 2.86. The second-order valence-electron chi connectivity index (χ2n) is 5.18. The molecule has 0 fully saturated rings.